The third kappa shape index (κ3) is 2.37. The molecule has 0 aliphatic rings. The molecule has 4 nitrogen and oxygen atoms in total. The maximum absolute atomic E-state index is 11.6. The van der Waals surface area contributed by atoms with Crippen LogP contribution in [0.1, 0.15) is 16.7 Å². The fourth-order valence-corrected chi connectivity index (χ4v) is 2.44. The molecule has 0 heterocycles. The SMILES string of the molecule is CNS(=O)(=O)c1cc(CO)c(C)cc1C. The number of aryl methyl sites for hydroxylation is 2. The van der Waals surface area contributed by atoms with Gasteiger partial charge in [-0.15, -0.1) is 0 Å². The van der Waals surface area contributed by atoms with E-state index in [9.17, 15) is 8.42 Å². The van der Waals surface area contributed by atoms with Crippen LogP contribution in [0.25, 0.3) is 0 Å². The van der Waals surface area contributed by atoms with Crippen molar-refractivity contribution in [2.75, 3.05) is 7.05 Å². The van der Waals surface area contributed by atoms with E-state index in [1.807, 2.05) is 6.92 Å². The maximum Gasteiger partial charge on any atom is 0.240 e. The molecule has 1 rings (SSSR count). The van der Waals surface area contributed by atoms with Crippen molar-refractivity contribution in [3.05, 3.63) is 28.8 Å². The lowest BCUT2D eigenvalue weighted by molar-refractivity contribution is 0.280. The average molecular weight is 229 g/mol. The predicted octanol–water partition coefficient (Wildman–Crippen LogP) is 0.704. The number of hydrogen-bond acceptors (Lipinski definition) is 3. The highest BCUT2D eigenvalue weighted by Crippen LogP contribution is 2.20. The van der Waals surface area contributed by atoms with Crippen molar-refractivity contribution < 1.29 is 13.5 Å². The Balaban J connectivity index is 3.44. The van der Waals surface area contributed by atoms with Gasteiger partial charge in [0.05, 0.1) is 11.5 Å². The topological polar surface area (TPSA) is 66.4 Å². The molecular weight excluding hydrogens is 214 g/mol. The molecule has 0 atom stereocenters. The van der Waals surface area contributed by atoms with Gasteiger partial charge in [0.25, 0.3) is 0 Å². The van der Waals surface area contributed by atoms with Crippen molar-refractivity contribution >= 4 is 10.0 Å². The first-order valence-electron chi connectivity index (χ1n) is 4.57. The lowest BCUT2D eigenvalue weighted by Crippen LogP contribution is -2.20. The molecule has 15 heavy (non-hydrogen) atoms. The van der Waals surface area contributed by atoms with E-state index >= 15 is 0 Å². The summed E-state index contributed by atoms with van der Waals surface area (Å²) in [5.41, 5.74) is 2.21. The van der Waals surface area contributed by atoms with Crippen LogP contribution < -0.4 is 4.72 Å². The fraction of sp³-hybridized carbons (Fsp3) is 0.400. The third-order valence-corrected chi connectivity index (χ3v) is 3.92. The Kier molecular flexibility index (Phi) is 3.49. The smallest absolute Gasteiger partial charge is 0.240 e. The Hall–Kier alpha value is -0.910. The molecule has 0 radical (unpaired) electrons. The van der Waals surface area contributed by atoms with Gasteiger partial charge in [0, 0.05) is 0 Å². The normalized spacial score (nSPS) is 11.7. The molecule has 0 aromatic heterocycles. The van der Waals surface area contributed by atoms with Gasteiger partial charge in [-0.05, 0) is 43.7 Å². The number of hydrogen-bond donors (Lipinski definition) is 2. The maximum atomic E-state index is 11.6. The van der Waals surface area contributed by atoms with E-state index in [4.69, 9.17) is 5.11 Å². The molecule has 0 bridgehead atoms. The standard InChI is InChI=1S/C10H15NO3S/c1-7-4-8(2)10(5-9(7)6-12)15(13,14)11-3/h4-5,11-12H,6H2,1-3H3. The second-order valence-electron chi connectivity index (χ2n) is 3.41. The van der Waals surface area contributed by atoms with E-state index in [0.29, 0.717) is 11.1 Å². The van der Waals surface area contributed by atoms with E-state index in [1.54, 1.807) is 13.0 Å². The summed E-state index contributed by atoms with van der Waals surface area (Å²) in [6.45, 7) is 3.42. The number of nitrogens with one attached hydrogen (secondary N) is 1. The van der Waals surface area contributed by atoms with Gasteiger partial charge in [0.2, 0.25) is 10.0 Å². The second kappa shape index (κ2) is 4.30. The summed E-state index contributed by atoms with van der Waals surface area (Å²) >= 11 is 0. The minimum absolute atomic E-state index is 0.154. The van der Waals surface area contributed by atoms with Crippen LogP contribution in [-0.2, 0) is 16.6 Å². The van der Waals surface area contributed by atoms with Crippen molar-refractivity contribution in [1.82, 2.24) is 4.72 Å². The highest BCUT2D eigenvalue weighted by atomic mass is 32.2. The summed E-state index contributed by atoms with van der Waals surface area (Å²) in [5.74, 6) is 0. The van der Waals surface area contributed by atoms with Gasteiger partial charge < -0.3 is 5.11 Å². The number of aliphatic hydroxyl groups is 1. The summed E-state index contributed by atoms with van der Waals surface area (Å²) in [4.78, 5) is 0.222. The number of sulfonamides is 1. The van der Waals surface area contributed by atoms with Gasteiger partial charge in [-0.1, -0.05) is 6.07 Å². The fourth-order valence-electron chi connectivity index (χ4n) is 1.44. The summed E-state index contributed by atoms with van der Waals surface area (Å²) in [5, 5.41) is 9.06. The average Bonchev–Trinajstić information content (AvgIpc) is 2.17. The van der Waals surface area contributed by atoms with E-state index in [1.165, 1.54) is 13.1 Å². The molecule has 0 amide bonds. The third-order valence-electron chi connectivity index (χ3n) is 2.36. The van der Waals surface area contributed by atoms with Crippen LogP contribution >= 0.6 is 0 Å². The van der Waals surface area contributed by atoms with Crippen molar-refractivity contribution in [3.8, 4) is 0 Å². The molecule has 5 heteroatoms. The van der Waals surface area contributed by atoms with Crippen LogP contribution in [0.3, 0.4) is 0 Å². The van der Waals surface area contributed by atoms with Crippen LogP contribution in [-0.4, -0.2) is 20.6 Å². The first-order chi connectivity index (χ1) is 6.92. The molecule has 84 valence electrons. The first kappa shape index (κ1) is 12.2. The van der Waals surface area contributed by atoms with Gasteiger partial charge in [-0.3, -0.25) is 0 Å². The van der Waals surface area contributed by atoms with E-state index < -0.39 is 10.0 Å². The molecule has 1 aromatic carbocycles. The van der Waals surface area contributed by atoms with E-state index in [-0.39, 0.29) is 11.5 Å². The number of rotatable bonds is 3. The minimum Gasteiger partial charge on any atom is -0.392 e. The van der Waals surface area contributed by atoms with Crippen LogP contribution in [0.2, 0.25) is 0 Å². The Morgan fingerprint density at radius 1 is 1.27 bits per heavy atom. The molecule has 0 saturated carbocycles. The molecule has 0 fully saturated rings. The molecule has 0 aliphatic heterocycles. The molecule has 1 aromatic rings. The molecule has 0 spiro atoms. The number of aliphatic hydroxyl groups excluding tert-OH is 1. The lowest BCUT2D eigenvalue weighted by Gasteiger charge is -2.10. The van der Waals surface area contributed by atoms with Gasteiger partial charge in [-0.2, -0.15) is 0 Å². The highest BCUT2D eigenvalue weighted by molar-refractivity contribution is 7.89. The Morgan fingerprint density at radius 2 is 1.87 bits per heavy atom. The van der Waals surface area contributed by atoms with Crippen LogP contribution in [0.4, 0.5) is 0 Å². The van der Waals surface area contributed by atoms with Crippen molar-refractivity contribution in [2.45, 2.75) is 25.3 Å². The van der Waals surface area contributed by atoms with E-state index in [0.717, 1.165) is 5.56 Å². The van der Waals surface area contributed by atoms with Crippen molar-refractivity contribution in [2.24, 2.45) is 0 Å². The second-order valence-corrected chi connectivity index (χ2v) is 5.26. The lowest BCUT2D eigenvalue weighted by atomic mass is 10.1. The summed E-state index contributed by atoms with van der Waals surface area (Å²) < 4.78 is 25.5. The Bertz CT molecular complexity index is 466. The summed E-state index contributed by atoms with van der Waals surface area (Å²) in [7, 11) is -2.07. The predicted molar refractivity (Wildman–Crippen MR) is 58.1 cm³/mol. The molecular formula is C10H15NO3S. The van der Waals surface area contributed by atoms with Gasteiger partial charge >= 0.3 is 0 Å². The molecule has 2 N–H and O–H groups in total. The Morgan fingerprint density at radius 3 is 2.33 bits per heavy atom. The zero-order valence-corrected chi connectivity index (χ0v) is 9.85. The van der Waals surface area contributed by atoms with Crippen LogP contribution in [0, 0.1) is 13.8 Å². The summed E-state index contributed by atoms with van der Waals surface area (Å²) in [6, 6.07) is 3.27. The highest BCUT2D eigenvalue weighted by Gasteiger charge is 2.15. The largest absolute Gasteiger partial charge is 0.392 e. The van der Waals surface area contributed by atoms with Gasteiger partial charge in [0.15, 0.2) is 0 Å². The van der Waals surface area contributed by atoms with Gasteiger partial charge in [-0.25, -0.2) is 13.1 Å². The minimum atomic E-state index is -3.44. The quantitative estimate of drug-likeness (QED) is 0.802. The number of benzene rings is 1. The Labute approximate surface area is 90.0 Å². The first-order valence-corrected chi connectivity index (χ1v) is 6.05. The van der Waals surface area contributed by atoms with Gasteiger partial charge in [0.1, 0.15) is 0 Å². The van der Waals surface area contributed by atoms with Crippen LogP contribution in [0.5, 0.6) is 0 Å². The van der Waals surface area contributed by atoms with E-state index in [2.05, 4.69) is 4.72 Å². The molecule has 0 unspecified atom stereocenters. The summed E-state index contributed by atoms with van der Waals surface area (Å²) in [6.07, 6.45) is 0. The van der Waals surface area contributed by atoms with Crippen molar-refractivity contribution in [1.29, 1.82) is 0 Å². The zero-order chi connectivity index (χ0) is 11.6. The molecule has 0 saturated heterocycles. The monoisotopic (exact) mass is 229 g/mol. The van der Waals surface area contributed by atoms with Crippen LogP contribution in [0.15, 0.2) is 17.0 Å². The molecule has 0 aliphatic carbocycles. The van der Waals surface area contributed by atoms with Crippen molar-refractivity contribution in [3.63, 3.8) is 0 Å². The zero-order valence-electron chi connectivity index (χ0n) is 9.03.